The molecule has 1 aromatic carbocycles. The van der Waals surface area contributed by atoms with Crippen LogP contribution in [0.3, 0.4) is 0 Å². The average molecular weight is 276 g/mol. The topological polar surface area (TPSA) is 101 Å². The summed E-state index contributed by atoms with van der Waals surface area (Å²) < 4.78 is 0.187. The SMILES string of the molecule is O=C(O)C(O)c1ccc([N+](=O)[O-])cc1Br. The number of nitro benzene ring substituents is 1. The molecule has 2 N–H and O–H groups in total. The molecule has 0 aromatic heterocycles. The molecule has 6 nitrogen and oxygen atoms in total. The van der Waals surface area contributed by atoms with Gasteiger partial charge in [-0.2, -0.15) is 0 Å². The lowest BCUT2D eigenvalue weighted by Crippen LogP contribution is -2.11. The van der Waals surface area contributed by atoms with Crippen molar-refractivity contribution in [3.05, 3.63) is 38.3 Å². The number of aliphatic carboxylic acids is 1. The van der Waals surface area contributed by atoms with Crippen LogP contribution in [0.1, 0.15) is 11.7 Å². The fourth-order valence-corrected chi connectivity index (χ4v) is 1.57. The van der Waals surface area contributed by atoms with E-state index in [1.54, 1.807) is 0 Å². The minimum absolute atomic E-state index is 0.0769. The minimum atomic E-state index is -1.69. The Morgan fingerprint density at radius 1 is 1.53 bits per heavy atom. The first kappa shape index (κ1) is 11.6. The Hall–Kier alpha value is -1.47. The highest BCUT2D eigenvalue weighted by molar-refractivity contribution is 9.10. The number of carbonyl (C=O) groups is 1. The van der Waals surface area contributed by atoms with Gasteiger partial charge < -0.3 is 10.2 Å². The van der Waals surface area contributed by atoms with Crippen LogP contribution in [0.2, 0.25) is 0 Å². The van der Waals surface area contributed by atoms with E-state index in [0.29, 0.717) is 0 Å². The summed E-state index contributed by atoms with van der Waals surface area (Å²) >= 11 is 2.96. The number of nitrogens with zero attached hydrogens (tertiary/aromatic N) is 1. The normalized spacial score (nSPS) is 12.1. The highest BCUT2D eigenvalue weighted by Crippen LogP contribution is 2.27. The molecule has 1 aromatic rings. The monoisotopic (exact) mass is 275 g/mol. The van der Waals surface area contributed by atoms with Crippen molar-refractivity contribution < 1.29 is 19.9 Å². The van der Waals surface area contributed by atoms with E-state index in [2.05, 4.69) is 15.9 Å². The maximum Gasteiger partial charge on any atom is 0.337 e. The van der Waals surface area contributed by atoms with Crippen molar-refractivity contribution in [1.82, 2.24) is 0 Å². The van der Waals surface area contributed by atoms with E-state index in [0.717, 1.165) is 12.1 Å². The molecule has 1 unspecified atom stereocenters. The van der Waals surface area contributed by atoms with E-state index in [-0.39, 0.29) is 15.7 Å². The second-order valence-corrected chi connectivity index (χ2v) is 3.56. The highest BCUT2D eigenvalue weighted by Gasteiger charge is 2.20. The Morgan fingerprint density at radius 2 is 2.13 bits per heavy atom. The number of halogens is 1. The van der Waals surface area contributed by atoms with Gasteiger partial charge in [-0.3, -0.25) is 10.1 Å². The molecule has 7 heteroatoms. The molecule has 0 fully saturated rings. The third kappa shape index (κ3) is 2.51. The molecule has 0 bridgehead atoms. The number of aliphatic hydroxyl groups is 1. The van der Waals surface area contributed by atoms with E-state index in [9.17, 15) is 20.0 Å². The van der Waals surface area contributed by atoms with Crippen LogP contribution in [0.5, 0.6) is 0 Å². The van der Waals surface area contributed by atoms with Gasteiger partial charge in [0.05, 0.1) is 4.92 Å². The van der Waals surface area contributed by atoms with Gasteiger partial charge in [0.2, 0.25) is 0 Å². The van der Waals surface area contributed by atoms with Crippen LogP contribution in [0, 0.1) is 10.1 Å². The summed E-state index contributed by atoms with van der Waals surface area (Å²) in [6, 6.07) is 3.47. The van der Waals surface area contributed by atoms with Crippen molar-refractivity contribution in [1.29, 1.82) is 0 Å². The van der Waals surface area contributed by atoms with Crippen LogP contribution < -0.4 is 0 Å². The van der Waals surface area contributed by atoms with Crippen LogP contribution >= 0.6 is 15.9 Å². The quantitative estimate of drug-likeness (QED) is 0.643. The van der Waals surface area contributed by atoms with Gasteiger partial charge in [-0.05, 0) is 6.07 Å². The highest BCUT2D eigenvalue weighted by atomic mass is 79.9. The number of nitro groups is 1. The van der Waals surface area contributed by atoms with Gasteiger partial charge >= 0.3 is 5.97 Å². The van der Waals surface area contributed by atoms with E-state index in [1.807, 2.05) is 0 Å². The third-order valence-corrected chi connectivity index (χ3v) is 2.41. The number of hydrogen-bond acceptors (Lipinski definition) is 4. The largest absolute Gasteiger partial charge is 0.479 e. The Bertz CT molecular complexity index is 419. The number of non-ortho nitro benzene ring substituents is 1. The van der Waals surface area contributed by atoms with Gasteiger partial charge in [0.1, 0.15) is 0 Å². The zero-order valence-corrected chi connectivity index (χ0v) is 8.84. The van der Waals surface area contributed by atoms with Crippen LogP contribution in [0.25, 0.3) is 0 Å². The number of aliphatic hydroxyl groups excluding tert-OH is 1. The fourth-order valence-electron chi connectivity index (χ4n) is 0.984. The van der Waals surface area contributed by atoms with Crippen LogP contribution in [0.4, 0.5) is 5.69 Å². The molecular weight excluding hydrogens is 270 g/mol. The predicted octanol–water partition coefficient (Wildman–Crippen LogP) is 1.48. The van der Waals surface area contributed by atoms with E-state index in [1.165, 1.54) is 6.07 Å². The van der Waals surface area contributed by atoms with Crippen LogP contribution in [0.15, 0.2) is 22.7 Å². The smallest absolute Gasteiger partial charge is 0.337 e. The lowest BCUT2D eigenvalue weighted by Gasteiger charge is -2.07. The molecule has 0 amide bonds. The summed E-state index contributed by atoms with van der Waals surface area (Å²) in [5, 5.41) is 28.1. The summed E-state index contributed by atoms with van der Waals surface area (Å²) in [4.78, 5) is 20.2. The maximum atomic E-state index is 10.5. The molecule has 1 rings (SSSR count). The molecule has 0 radical (unpaired) electrons. The summed E-state index contributed by atoms with van der Waals surface area (Å²) in [6.45, 7) is 0. The van der Waals surface area contributed by atoms with Crippen LogP contribution in [-0.2, 0) is 4.79 Å². The molecule has 0 aliphatic rings. The Kier molecular flexibility index (Phi) is 3.38. The lowest BCUT2D eigenvalue weighted by atomic mass is 10.1. The summed E-state index contributed by atoms with van der Waals surface area (Å²) in [7, 11) is 0. The fraction of sp³-hybridized carbons (Fsp3) is 0.125. The third-order valence-electron chi connectivity index (χ3n) is 1.72. The van der Waals surface area contributed by atoms with Crippen molar-refractivity contribution in [2.24, 2.45) is 0 Å². The number of hydrogen-bond donors (Lipinski definition) is 2. The summed E-state index contributed by atoms with van der Waals surface area (Å²) in [5.41, 5.74) is -0.101. The van der Waals surface area contributed by atoms with Crippen molar-refractivity contribution in [3.63, 3.8) is 0 Å². The molecule has 1 atom stereocenters. The molecular formula is C8H6BrNO5. The van der Waals surface area contributed by atoms with Gasteiger partial charge in [0.25, 0.3) is 5.69 Å². The standard InChI is InChI=1S/C8H6BrNO5/c9-6-3-4(10(14)15)1-2-5(6)7(11)8(12)13/h1-3,7,11H,(H,12,13). The number of rotatable bonds is 3. The van der Waals surface area contributed by atoms with Gasteiger partial charge in [-0.25, -0.2) is 4.79 Å². The minimum Gasteiger partial charge on any atom is -0.479 e. The number of carboxylic acids is 1. The molecule has 0 heterocycles. The molecule has 0 aliphatic carbocycles. The lowest BCUT2D eigenvalue weighted by molar-refractivity contribution is -0.385. The Morgan fingerprint density at radius 3 is 2.53 bits per heavy atom. The predicted molar refractivity (Wildman–Crippen MR) is 53.4 cm³/mol. The zero-order valence-electron chi connectivity index (χ0n) is 7.25. The van der Waals surface area contributed by atoms with E-state index >= 15 is 0 Å². The Labute approximate surface area is 92.4 Å². The molecule has 0 aliphatic heterocycles. The molecule has 0 saturated carbocycles. The van der Waals surface area contributed by atoms with Crippen molar-refractivity contribution >= 4 is 27.6 Å². The second-order valence-electron chi connectivity index (χ2n) is 2.70. The van der Waals surface area contributed by atoms with Gasteiger partial charge in [0.15, 0.2) is 6.10 Å². The van der Waals surface area contributed by atoms with E-state index < -0.39 is 17.0 Å². The van der Waals surface area contributed by atoms with Crippen molar-refractivity contribution in [2.75, 3.05) is 0 Å². The summed E-state index contributed by atoms with van der Waals surface area (Å²) in [6.07, 6.45) is -1.69. The van der Waals surface area contributed by atoms with E-state index in [4.69, 9.17) is 5.11 Å². The van der Waals surface area contributed by atoms with Crippen LogP contribution in [-0.4, -0.2) is 21.1 Å². The van der Waals surface area contributed by atoms with Crippen molar-refractivity contribution in [2.45, 2.75) is 6.10 Å². The first-order chi connectivity index (χ1) is 6.93. The average Bonchev–Trinajstić information content (AvgIpc) is 2.16. The number of benzene rings is 1. The maximum absolute atomic E-state index is 10.5. The molecule has 0 spiro atoms. The molecule has 15 heavy (non-hydrogen) atoms. The van der Waals surface area contributed by atoms with Gasteiger partial charge in [0, 0.05) is 22.2 Å². The van der Waals surface area contributed by atoms with Gasteiger partial charge in [-0.1, -0.05) is 15.9 Å². The Balaban J connectivity index is 3.13. The second kappa shape index (κ2) is 4.37. The van der Waals surface area contributed by atoms with Crippen molar-refractivity contribution in [3.8, 4) is 0 Å². The zero-order chi connectivity index (χ0) is 11.6. The molecule has 80 valence electrons. The number of carboxylic acid groups (broad SMARTS) is 1. The van der Waals surface area contributed by atoms with Gasteiger partial charge in [-0.15, -0.1) is 0 Å². The molecule has 0 saturated heterocycles. The first-order valence-corrected chi connectivity index (χ1v) is 4.57. The first-order valence-electron chi connectivity index (χ1n) is 3.78. The summed E-state index contributed by atoms with van der Waals surface area (Å²) in [5.74, 6) is -1.41.